The monoisotopic (exact) mass is 350 g/mol. The highest BCUT2D eigenvalue weighted by atomic mass is 16.5. The van der Waals surface area contributed by atoms with E-state index in [0.29, 0.717) is 27.8 Å². The number of ketones is 1. The quantitative estimate of drug-likeness (QED) is 0.433. The summed E-state index contributed by atoms with van der Waals surface area (Å²) < 4.78 is 12.0. The van der Waals surface area contributed by atoms with Gasteiger partial charge in [-0.15, -0.1) is 0 Å². The van der Waals surface area contributed by atoms with Crippen molar-refractivity contribution in [2.75, 3.05) is 13.0 Å². The number of carbonyl (C=O) groups is 2. The molecule has 0 bridgehead atoms. The van der Waals surface area contributed by atoms with Crippen LogP contribution in [0.4, 0.5) is 0 Å². The Morgan fingerprint density at radius 3 is 2.65 bits per heavy atom. The van der Waals surface area contributed by atoms with Crippen molar-refractivity contribution in [3.8, 4) is 5.75 Å². The lowest BCUT2D eigenvalue weighted by Gasteiger charge is -2.01. The number of fused-ring (bicyclic) bond motifs is 2. The number of carbonyl (C=O) groups excluding carboxylic acids is 1. The molecule has 4 rings (SSSR count). The van der Waals surface area contributed by atoms with E-state index >= 15 is 0 Å². The van der Waals surface area contributed by atoms with Gasteiger partial charge in [0.1, 0.15) is 5.69 Å². The minimum Gasteiger partial charge on any atom is -0.493 e. The van der Waals surface area contributed by atoms with Crippen LogP contribution in [0, 0.1) is 0 Å². The van der Waals surface area contributed by atoms with Gasteiger partial charge in [-0.05, 0) is 36.4 Å². The number of rotatable bonds is 4. The Morgan fingerprint density at radius 2 is 1.92 bits per heavy atom. The van der Waals surface area contributed by atoms with E-state index in [9.17, 15) is 9.59 Å². The zero-order valence-electron chi connectivity index (χ0n) is 13.7. The molecule has 4 aromatic rings. The van der Waals surface area contributed by atoms with E-state index < -0.39 is 5.97 Å². The highest BCUT2D eigenvalue weighted by Crippen LogP contribution is 2.30. The van der Waals surface area contributed by atoms with Gasteiger partial charge in [0.2, 0.25) is 5.78 Å². The molecule has 0 aliphatic carbocycles. The highest BCUT2D eigenvalue weighted by molar-refractivity contribution is 6.11. The first-order chi connectivity index (χ1) is 12.5. The molecule has 0 spiro atoms. The zero-order chi connectivity index (χ0) is 18.4. The number of aromatic carboxylic acids is 1. The summed E-state index contributed by atoms with van der Waals surface area (Å²) in [5.41, 5.74) is 1.34. The molecular formula is C19H14N2O5. The van der Waals surface area contributed by atoms with Crippen molar-refractivity contribution in [2.24, 2.45) is 0 Å². The second-order valence-corrected chi connectivity index (χ2v) is 5.80. The maximum atomic E-state index is 12.8. The number of furan rings is 1. The predicted molar refractivity (Wildman–Crippen MR) is 95.2 cm³/mol. The second-order valence-electron chi connectivity index (χ2n) is 5.80. The third kappa shape index (κ3) is 2.29. The van der Waals surface area contributed by atoms with Gasteiger partial charge in [0, 0.05) is 16.3 Å². The number of nitrogens with two attached hydrogens (primary N) is 1. The molecule has 7 nitrogen and oxygen atoms in total. The van der Waals surface area contributed by atoms with Crippen molar-refractivity contribution in [3.05, 3.63) is 65.5 Å². The van der Waals surface area contributed by atoms with Gasteiger partial charge >= 0.3 is 5.97 Å². The first kappa shape index (κ1) is 15.8. The SMILES string of the molecule is COc1cccc2cc(C(=O)c3ccc4c(c3)cc(C(=O)O)n4N)oc12. The molecule has 0 aliphatic rings. The Balaban J connectivity index is 1.80. The van der Waals surface area contributed by atoms with E-state index in [2.05, 4.69) is 0 Å². The van der Waals surface area contributed by atoms with E-state index in [4.69, 9.17) is 20.1 Å². The molecule has 0 aliphatic heterocycles. The van der Waals surface area contributed by atoms with Gasteiger partial charge in [-0.1, -0.05) is 12.1 Å². The fraction of sp³-hybridized carbons (Fsp3) is 0.0526. The summed E-state index contributed by atoms with van der Waals surface area (Å²) in [4.78, 5) is 24.0. The summed E-state index contributed by atoms with van der Waals surface area (Å²) in [5, 5.41) is 10.5. The zero-order valence-corrected chi connectivity index (χ0v) is 13.7. The third-order valence-corrected chi connectivity index (χ3v) is 4.27. The third-order valence-electron chi connectivity index (χ3n) is 4.27. The van der Waals surface area contributed by atoms with Crippen molar-refractivity contribution < 1.29 is 23.8 Å². The van der Waals surface area contributed by atoms with Crippen LogP contribution in [-0.4, -0.2) is 28.6 Å². The van der Waals surface area contributed by atoms with E-state index in [1.54, 1.807) is 30.3 Å². The molecule has 3 N–H and O–H groups in total. The van der Waals surface area contributed by atoms with Crippen LogP contribution in [0.1, 0.15) is 26.6 Å². The van der Waals surface area contributed by atoms with Crippen molar-refractivity contribution in [1.29, 1.82) is 0 Å². The topological polar surface area (TPSA) is 108 Å². The van der Waals surface area contributed by atoms with E-state index in [1.165, 1.54) is 13.2 Å². The molecule has 7 heteroatoms. The van der Waals surface area contributed by atoms with Crippen molar-refractivity contribution >= 4 is 33.6 Å². The number of carboxylic acids is 1. The number of carboxylic acid groups (broad SMARTS) is 1. The number of hydrogen-bond donors (Lipinski definition) is 2. The number of methoxy groups -OCH3 is 1. The molecule has 0 saturated carbocycles. The highest BCUT2D eigenvalue weighted by Gasteiger charge is 2.19. The summed E-state index contributed by atoms with van der Waals surface area (Å²) in [6.45, 7) is 0. The normalized spacial score (nSPS) is 11.1. The first-order valence-electron chi connectivity index (χ1n) is 7.74. The van der Waals surface area contributed by atoms with Gasteiger partial charge in [-0.2, -0.15) is 0 Å². The number of aromatic nitrogens is 1. The summed E-state index contributed by atoms with van der Waals surface area (Å²) in [6, 6.07) is 13.3. The van der Waals surface area contributed by atoms with Crippen LogP contribution in [0.2, 0.25) is 0 Å². The van der Waals surface area contributed by atoms with Crippen LogP contribution >= 0.6 is 0 Å². The lowest BCUT2D eigenvalue weighted by atomic mass is 10.1. The predicted octanol–water partition coefficient (Wildman–Crippen LogP) is 3.04. The molecule has 0 fully saturated rings. The van der Waals surface area contributed by atoms with Crippen LogP contribution in [0.25, 0.3) is 21.9 Å². The van der Waals surface area contributed by atoms with E-state index in [0.717, 1.165) is 10.1 Å². The Labute approximate surface area is 147 Å². The number of para-hydroxylation sites is 1. The molecule has 0 atom stereocenters. The Bertz CT molecular complexity index is 1190. The van der Waals surface area contributed by atoms with E-state index in [-0.39, 0.29) is 17.2 Å². The molecule has 2 aromatic carbocycles. The minimum absolute atomic E-state index is 0.0573. The van der Waals surface area contributed by atoms with Gasteiger partial charge in [0.15, 0.2) is 17.1 Å². The molecule has 130 valence electrons. The number of hydrogen-bond acceptors (Lipinski definition) is 5. The molecule has 0 unspecified atom stereocenters. The molecule has 0 amide bonds. The Hall–Kier alpha value is -3.74. The Morgan fingerprint density at radius 1 is 1.12 bits per heavy atom. The molecule has 0 saturated heterocycles. The minimum atomic E-state index is -1.14. The van der Waals surface area contributed by atoms with Gasteiger partial charge in [0.25, 0.3) is 0 Å². The second kappa shape index (κ2) is 5.66. The number of ether oxygens (including phenoxy) is 1. The van der Waals surface area contributed by atoms with Crippen LogP contribution in [0.3, 0.4) is 0 Å². The van der Waals surface area contributed by atoms with E-state index in [1.807, 2.05) is 12.1 Å². The maximum Gasteiger partial charge on any atom is 0.354 e. The van der Waals surface area contributed by atoms with Crippen molar-refractivity contribution in [2.45, 2.75) is 0 Å². The van der Waals surface area contributed by atoms with Gasteiger partial charge in [0.05, 0.1) is 12.6 Å². The maximum absolute atomic E-state index is 12.8. The molecule has 26 heavy (non-hydrogen) atoms. The number of nitrogen functional groups attached to an aromatic ring is 1. The summed E-state index contributed by atoms with van der Waals surface area (Å²) >= 11 is 0. The van der Waals surface area contributed by atoms with Crippen LogP contribution in [0.15, 0.2) is 52.9 Å². The molecule has 0 radical (unpaired) electrons. The first-order valence-corrected chi connectivity index (χ1v) is 7.74. The van der Waals surface area contributed by atoms with Crippen LogP contribution in [0.5, 0.6) is 5.75 Å². The average Bonchev–Trinajstić information content (AvgIpc) is 3.22. The number of benzene rings is 2. The molecular weight excluding hydrogens is 336 g/mol. The smallest absolute Gasteiger partial charge is 0.354 e. The summed E-state index contributed by atoms with van der Waals surface area (Å²) in [5.74, 6) is 5.05. The van der Waals surface area contributed by atoms with Gasteiger partial charge in [-0.25, -0.2) is 4.79 Å². The summed E-state index contributed by atoms with van der Waals surface area (Å²) in [6.07, 6.45) is 0. The lowest BCUT2D eigenvalue weighted by Crippen LogP contribution is -2.15. The van der Waals surface area contributed by atoms with Gasteiger partial charge in [-0.3, -0.25) is 9.47 Å². The number of nitrogens with zero attached hydrogens (tertiary/aromatic N) is 1. The molecule has 2 aromatic heterocycles. The standard InChI is InChI=1S/C19H14N2O5/c1-25-15-4-2-3-11-9-16(26-18(11)15)17(22)10-5-6-13-12(7-10)8-14(19(23)24)21(13)20/h2-9H,20H2,1H3,(H,23,24). The van der Waals surface area contributed by atoms with Crippen LogP contribution < -0.4 is 10.6 Å². The fourth-order valence-corrected chi connectivity index (χ4v) is 2.99. The molecule has 2 heterocycles. The average molecular weight is 350 g/mol. The fourth-order valence-electron chi connectivity index (χ4n) is 2.99. The largest absolute Gasteiger partial charge is 0.493 e. The van der Waals surface area contributed by atoms with Crippen molar-refractivity contribution in [3.63, 3.8) is 0 Å². The van der Waals surface area contributed by atoms with Crippen molar-refractivity contribution in [1.82, 2.24) is 4.68 Å². The van der Waals surface area contributed by atoms with Gasteiger partial charge < -0.3 is 20.1 Å². The Kier molecular flexibility index (Phi) is 3.43. The van der Waals surface area contributed by atoms with Crippen LogP contribution in [-0.2, 0) is 0 Å². The lowest BCUT2D eigenvalue weighted by molar-refractivity contribution is 0.0687. The summed E-state index contributed by atoms with van der Waals surface area (Å²) in [7, 11) is 1.53.